The van der Waals surface area contributed by atoms with E-state index in [1.807, 2.05) is 31.2 Å². The van der Waals surface area contributed by atoms with Crippen LogP contribution in [0.4, 0.5) is 0 Å². The number of aliphatic hydroxyl groups is 1. The lowest BCUT2D eigenvalue weighted by Gasteiger charge is -2.23. The number of aliphatic hydroxyl groups excluding tert-OH is 1. The van der Waals surface area contributed by atoms with Crippen LogP contribution in [0.3, 0.4) is 0 Å². The first-order valence-electron chi connectivity index (χ1n) is 5.54. The predicted octanol–water partition coefficient (Wildman–Crippen LogP) is 1.10. The fourth-order valence-electron chi connectivity index (χ4n) is 1.70. The Bertz CT molecular complexity index is 401. The maximum Gasteiger partial charge on any atom is 0.122 e. The van der Waals surface area contributed by atoms with Gasteiger partial charge in [0.25, 0.3) is 0 Å². The number of hydrogen-bond donors (Lipinski definition) is 2. The van der Waals surface area contributed by atoms with E-state index in [9.17, 15) is 5.26 Å². The van der Waals surface area contributed by atoms with Crippen molar-refractivity contribution < 1.29 is 9.84 Å². The fourth-order valence-corrected chi connectivity index (χ4v) is 1.70. The quantitative estimate of drug-likeness (QED) is 0.773. The van der Waals surface area contributed by atoms with Crippen LogP contribution in [0.2, 0.25) is 0 Å². The highest BCUT2D eigenvalue weighted by Gasteiger charge is 2.24. The lowest BCUT2D eigenvalue weighted by molar-refractivity contribution is 0.275. The van der Waals surface area contributed by atoms with Gasteiger partial charge in [-0.15, -0.1) is 0 Å². The molecule has 0 aliphatic carbocycles. The van der Waals surface area contributed by atoms with Crippen LogP contribution in [0.1, 0.15) is 12.5 Å². The third-order valence-corrected chi connectivity index (χ3v) is 2.61. The molecule has 1 atom stereocenters. The smallest absolute Gasteiger partial charge is 0.122 e. The Balaban J connectivity index is 2.83. The van der Waals surface area contributed by atoms with Gasteiger partial charge in [-0.3, -0.25) is 5.32 Å². The molecule has 0 amide bonds. The van der Waals surface area contributed by atoms with Gasteiger partial charge in [0.05, 0.1) is 19.8 Å². The molecular formula is C13H18N2O2. The van der Waals surface area contributed by atoms with Crippen LogP contribution in [-0.4, -0.2) is 30.9 Å². The highest BCUT2D eigenvalue weighted by Crippen LogP contribution is 2.22. The molecule has 1 aromatic rings. The molecule has 0 spiro atoms. The van der Waals surface area contributed by atoms with E-state index >= 15 is 0 Å². The molecular weight excluding hydrogens is 216 g/mol. The van der Waals surface area contributed by atoms with Gasteiger partial charge in [0.1, 0.15) is 11.3 Å². The molecule has 0 radical (unpaired) electrons. The van der Waals surface area contributed by atoms with Crippen LogP contribution in [0.25, 0.3) is 0 Å². The van der Waals surface area contributed by atoms with Gasteiger partial charge >= 0.3 is 0 Å². The van der Waals surface area contributed by atoms with Crippen molar-refractivity contribution >= 4 is 0 Å². The molecule has 4 heteroatoms. The van der Waals surface area contributed by atoms with E-state index in [2.05, 4.69) is 11.4 Å². The van der Waals surface area contributed by atoms with Crippen LogP contribution in [0.15, 0.2) is 24.3 Å². The zero-order valence-corrected chi connectivity index (χ0v) is 10.2. The van der Waals surface area contributed by atoms with Gasteiger partial charge in [0.2, 0.25) is 0 Å². The highest BCUT2D eigenvalue weighted by molar-refractivity contribution is 5.35. The summed E-state index contributed by atoms with van der Waals surface area (Å²) in [6.07, 6.45) is 0.535. The second-order valence-electron chi connectivity index (χ2n) is 4.08. The van der Waals surface area contributed by atoms with Gasteiger partial charge in [-0.2, -0.15) is 5.26 Å². The monoisotopic (exact) mass is 234 g/mol. The summed E-state index contributed by atoms with van der Waals surface area (Å²) in [5.41, 5.74) is 0.279. The first-order chi connectivity index (χ1) is 8.15. The Morgan fingerprint density at radius 3 is 2.76 bits per heavy atom. The molecule has 0 aliphatic rings. The number of rotatable bonds is 6. The van der Waals surface area contributed by atoms with E-state index in [0.717, 1.165) is 11.3 Å². The molecule has 0 fully saturated rings. The Hall–Kier alpha value is -1.57. The number of nitrogens with one attached hydrogen (secondary N) is 1. The molecule has 2 N–H and O–H groups in total. The Morgan fingerprint density at radius 2 is 2.18 bits per heavy atom. The number of nitriles is 1. The SMILES string of the molecule is COc1ccccc1CC(C)(C#N)NCCO. The molecule has 1 aromatic carbocycles. The van der Waals surface area contributed by atoms with E-state index in [1.165, 1.54) is 0 Å². The minimum atomic E-state index is -0.697. The van der Waals surface area contributed by atoms with E-state index in [-0.39, 0.29) is 6.61 Å². The second kappa shape index (κ2) is 6.24. The van der Waals surface area contributed by atoms with Crippen LogP contribution in [0.5, 0.6) is 5.75 Å². The number of nitrogens with zero attached hydrogens (tertiary/aromatic N) is 1. The lowest BCUT2D eigenvalue weighted by atomic mass is 9.93. The van der Waals surface area contributed by atoms with Crippen molar-refractivity contribution in [3.63, 3.8) is 0 Å². The third kappa shape index (κ3) is 3.74. The Labute approximate surface area is 102 Å². The molecule has 0 aliphatic heterocycles. The van der Waals surface area contributed by atoms with Gasteiger partial charge in [0, 0.05) is 13.0 Å². The number of methoxy groups -OCH3 is 1. The molecule has 1 unspecified atom stereocenters. The summed E-state index contributed by atoms with van der Waals surface area (Å²) in [5.74, 6) is 0.778. The summed E-state index contributed by atoms with van der Waals surface area (Å²) in [4.78, 5) is 0. The standard InChI is InChI=1S/C13H18N2O2/c1-13(10-14,15-7-8-16)9-11-5-3-4-6-12(11)17-2/h3-6,15-16H,7-9H2,1-2H3. The minimum Gasteiger partial charge on any atom is -0.496 e. The van der Waals surface area contributed by atoms with Gasteiger partial charge in [-0.1, -0.05) is 18.2 Å². The lowest BCUT2D eigenvalue weighted by Crippen LogP contribution is -2.44. The molecule has 4 nitrogen and oxygen atoms in total. The summed E-state index contributed by atoms with van der Waals surface area (Å²) in [6.45, 7) is 2.23. The predicted molar refractivity (Wildman–Crippen MR) is 65.8 cm³/mol. The maximum absolute atomic E-state index is 9.20. The summed E-state index contributed by atoms with van der Waals surface area (Å²) >= 11 is 0. The largest absolute Gasteiger partial charge is 0.496 e. The molecule has 17 heavy (non-hydrogen) atoms. The summed E-state index contributed by atoms with van der Waals surface area (Å²) in [6, 6.07) is 9.86. The van der Waals surface area contributed by atoms with Crippen molar-refractivity contribution in [2.75, 3.05) is 20.3 Å². The van der Waals surface area contributed by atoms with Crippen molar-refractivity contribution in [2.24, 2.45) is 0 Å². The summed E-state index contributed by atoms with van der Waals surface area (Å²) in [5, 5.41) is 21.0. The zero-order valence-electron chi connectivity index (χ0n) is 10.2. The zero-order chi connectivity index (χ0) is 12.7. The number of benzene rings is 1. The first kappa shape index (κ1) is 13.5. The number of para-hydroxylation sites is 1. The molecule has 1 rings (SSSR count). The highest BCUT2D eigenvalue weighted by atomic mass is 16.5. The van der Waals surface area contributed by atoms with Crippen molar-refractivity contribution in [2.45, 2.75) is 18.9 Å². The van der Waals surface area contributed by atoms with Gasteiger partial charge < -0.3 is 9.84 Å². The van der Waals surface area contributed by atoms with Crippen molar-refractivity contribution in [3.8, 4) is 11.8 Å². The van der Waals surface area contributed by atoms with Gasteiger partial charge in [-0.05, 0) is 18.6 Å². The fraction of sp³-hybridized carbons (Fsp3) is 0.462. The second-order valence-corrected chi connectivity index (χ2v) is 4.08. The van der Waals surface area contributed by atoms with Crippen LogP contribution < -0.4 is 10.1 Å². The Kier molecular flexibility index (Phi) is 4.95. The Morgan fingerprint density at radius 1 is 1.47 bits per heavy atom. The van der Waals surface area contributed by atoms with E-state index in [0.29, 0.717) is 13.0 Å². The summed E-state index contributed by atoms with van der Waals surface area (Å²) in [7, 11) is 1.61. The maximum atomic E-state index is 9.20. The van der Waals surface area contributed by atoms with Crippen molar-refractivity contribution in [1.82, 2.24) is 5.32 Å². The average molecular weight is 234 g/mol. The minimum absolute atomic E-state index is 0.0171. The number of β-amino-alcohol motifs (C(OH)–C–C–N with tert-alkyl or cyclic N) is 1. The number of hydrogen-bond acceptors (Lipinski definition) is 4. The topological polar surface area (TPSA) is 65.3 Å². The normalized spacial score (nSPS) is 13.8. The van der Waals surface area contributed by atoms with Crippen LogP contribution in [0, 0.1) is 11.3 Å². The van der Waals surface area contributed by atoms with E-state index in [1.54, 1.807) is 7.11 Å². The van der Waals surface area contributed by atoms with Crippen LogP contribution in [-0.2, 0) is 6.42 Å². The molecule has 0 bridgehead atoms. The molecule has 92 valence electrons. The van der Waals surface area contributed by atoms with Crippen molar-refractivity contribution in [1.29, 1.82) is 5.26 Å². The first-order valence-corrected chi connectivity index (χ1v) is 5.54. The van der Waals surface area contributed by atoms with E-state index < -0.39 is 5.54 Å². The van der Waals surface area contributed by atoms with Crippen molar-refractivity contribution in [3.05, 3.63) is 29.8 Å². The average Bonchev–Trinajstić information content (AvgIpc) is 2.37. The molecule has 0 saturated heterocycles. The third-order valence-electron chi connectivity index (χ3n) is 2.61. The number of ether oxygens (including phenoxy) is 1. The molecule has 0 aromatic heterocycles. The van der Waals surface area contributed by atoms with Crippen LogP contribution >= 0.6 is 0 Å². The van der Waals surface area contributed by atoms with E-state index in [4.69, 9.17) is 9.84 Å². The summed E-state index contributed by atoms with van der Waals surface area (Å²) < 4.78 is 5.25. The van der Waals surface area contributed by atoms with Gasteiger partial charge in [0.15, 0.2) is 0 Å². The molecule has 0 heterocycles. The molecule has 0 saturated carbocycles. The van der Waals surface area contributed by atoms with Gasteiger partial charge in [-0.25, -0.2) is 0 Å².